The van der Waals surface area contributed by atoms with E-state index in [9.17, 15) is 4.79 Å². The van der Waals surface area contributed by atoms with Crippen LogP contribution in [0.15, 0.2) is 0 Å². The molecular weight excluding hydrogens is 222 g/mol. The lowest BCUT2D eigenvalue weighted by Gasteiger charge is -2.38. The molecule has 0 radical (unpaired) electrons. The Kier molecular flexibility index (Phi) is 5.17. The van der Waals surface area contributed by atoms with E-state index < -0.39 is 20.4 Å². The Morgan fingerprint density at radius 2 is 2.00 bits per heavy atom. The van der Waals surface area contributed by atoms with Crippen molar-refractivity contribution in [3.8, 4) is 6.07 Å². The van der Waals surface area contributed by atoms with E-state index in [4.69, 9.17) is 14.8 Å². The third-order valence-electron chi connectivity index (χ3n) is 2.99. The number of rotatable bonds is 5. The van der Waals surface area contributed by atoms with Gasteiger partial charge in [0.2, 0.25) is 0 Å². The first kappa shape index (κ1) is 15.1. The van der Waals surface area contributed by atoms with Gasteiger partial charge in [0.25, 0.3) is 0 Å². The summed E-state index contributed by atoms with van der Waals surface area (Å²) in [6.45, 7) is 10.4. The number of carboxylic acid groups (broad SMARTS) is 1. The molecule has 0 aromatic carbocycles. The molecule has 0 bridgehead atoms. The summed E-state index contributed by atoms with van der Waals surface area (Å²) in [5.41, 5.74) is 0. The highest BCUT2D eigenvalue weighted by molar-refractivity contribution is 6.74. The molecule has 0 aliphatic carbocycles. The highest BCUT2D eigenvalue weighted by Gasteiger charge is 2.39. The first-order valence-electron chi connectivity index (χ1n) is 5.36. The first-order chi connectivity index (χ1) is 7.10. The van der Waals surface area contributed by atoms with Gasteiger partial charge in [0, 0.05) is 0 Å². The molecule has 0 fully saturated rings. The number of hydrogen-bond donors (Lipinski definition) is 1. The Morgan fingerprint density at radius 3 is 2.31 bits per heavy atom. The van der Waals surface area contributed by atoms with Crippen LogP contribution in [-0.2, 0) is 9.22 Å². The predicted octanol–water partition coefficient (Wildman–Crippen LogP) is 2.77. The number of carboxylic acids is 1. The van der Waals surface area contributed by atoms with E-state index >= 15 is 0 Å². The summed E-state index contributed by atoms with van der Waals surface area (Å²) in [6, 6.07) is 1.98. The van der Waals surface area contributed by atoms with Crippen LogP contribution in [0.25, 0.3) is 0 Å². The molecule has 4 nitrogen and oxygen atoms in total. The van der Waals surface area contributed by atoms with Gasteiger partial charge in [0.15, 0.2) is 8.32 Å². The van der Waals surface area contributed by atoms with Gasteiger partial charge >= 0.3 is 5.97 Å². The standard InChI is InChI=1S/C11H21NO3Si/c1-11(2,3)16(4,5)15-9(6-7-12)8-10(13)14/h9H,6,8H2,1-5H3,(H,13,14). The predicted molar refractivity (Wildman–Crippen MR) is 64.6 cm³/mol. The molecule has 0 spiro atoms. The summed E-state index contributed by atoms with van der Waals surface area (Å²) in [7, 11) is -1.99. The molecule has 0 aromatic rings. The maximum absolute atomic E-state index is 10.6. The molecule has 16 heavy (non-hydrogen) atoms. The topological polar surface area (TPSA) is 70.3 Å². The van der Waals surface area contributed by atoms with E-state index in [0.717, 1.165) is 0 Å². The maximum atomic E-state index is 10.6. The van der Waals surface area contributed by atoms with Crippen molar-refractivity contribution in [2.45, 2.75) is 57.8 Å². The zero-order valence-corrected chi connectivity index (χ0v) is 11.7. The van der Waals surface area contributed by atoms with Gasteiger partial charge in [-0.05, 0) is 18.1 Å². The van der Waals surface area contributed by atoms with Gasteiger partial charge in [-0.1, -0.05) is 20.8 Å². The van der Waals surface area contributed by atoms with Crippen LogP contribution in [0.3, 0.4) is 0 Å². The lowest BCUT2D eigenvalue weighted by molar-refractivity contribution is -0.138. The van der Waals surface area contributed by atoms with Crippen LogP contribution >= 0.6 is 0 Å². The lowest BCUT2D eigenvalue weighted by Crippen LogP contribution is -2.44. The Labute approximate surface area is 98.4 Å². The molecule has 0 aliphatic heterocycles. The molecule has 1 N–H and O–H groups in total. The highest BCUT2D eigenvalue weighted by Crippen LogP contribution is 2.37. The molecule has 0 heterocycles. The molecule has 0 rings (SSSR count). The number of hydrogen-bond acceptors (Lipinski definition) is 3. The van der Waals surface area contributed by atoms with Gasteiger partial charge in [-0.15, -0.1) is 0 Å². The largest absolute Gasteiger partial charge is 0.481 e. The van der Waals surface area contributed by atoms with E-state index in [2.05, 4.69) is 33.9 Å². The van der Waals surface area contributed by atoms with Crippen molar-refractivity contribution in [2.75, 3.05) is 0 Å². The Balaban J connectivity index is 4.63. The highest BCUT2D eigenvalue weighted by atomic mass is 28.4. The number of nitrogens with zero attached hydrogens (tertiary/aromatic N) is 1. The third kappa shape index (κ3) is 4.77. The van der Waals surface area contributed by atoms with Crippen molar-refractivity contribution in [3.05, 3.63) is 0 Å². The molecular formula is C11H21NO3Si. The van der Waals surface area contributed by atoms with Crippen molar-refractivity contribution < 1.29 is 14.3 Å². The monoisotopic (exact) mass is 243 g/mol. The molecule has 0 aromatic heterocycles. The Bertz CT molecular complexity index is 289. The first-order valence-corrected chi connectivity index (χ1v) is 8.27. The van der Waals surface area contributed by atoms with E-state index in [1.54, 1.807) is 0 Å². The summed E-state index contributed by atoms with van der Waals surface area (Å²) in [5, 5.41) is 17.4. The molecule has 1 unspecified atom stereocenters. The van der Waals surface area contributed by atoms with Crippen molar-refractivity contribution >= 4 is 14.3 Å². The summed E-state index contributed by atoms with van der Waals surface area (Å²) >= 11 is 0. The van der Waals surface area contributed by atoms with Crippen LogP contribution < -0.4 is 0 Å². The minimum Gasteiger partial charge on any atom is -0.481 e. The lowest BCUT2D eigenvalue weighted by atomic mass is 10.2. The van der Waals surface area contributed by atoms with Crippen LogP contribution in [0.1, 0.15) is 33.6 Å². The normalized spacial score (nSPS) is 14.2. The maximum Gasteiger partial charge on any atom is 0.305 e. The molecule has 1 atom stereocenters. The quantitative estimate of drug-likeness (QED) is 0.754. The van der Waals surface area contributed by atoms with Crippen LogP contribution in [-0.4, -0.2) is 25.5 Å². The van der Waals surface area contributed by atoms with Gasteiger partial charge in [0.05, 0.1) is 25.0 Å². The van der Waals surface area contributed by atoms with E-state index in [1.165, 1.54) is 0 Å². The van der Waals surface area contributed by atoms with Crippen molar-refractivity contribution in [1.29, 1.82) is 5.26 Å². The number of nitriles is 1. The fraction of sp³-hybridized carbons (Fsp3) is 0.818. The summed E-state index contributed by atoms with van der Waals surface area (Å²) in [6.07, 6.45) is -0.442. The summed E-state index contributed by atoms with van der Waals surface area (Å²) < 4.78 is 5.89. The average Bonchev–Trinajstić information content (AvgIpc) is 1.99. The molecule has 0 aliphatic rings. The van der Waals surface area contributed by atoms with Crippen molar-refractivity contribution in [3.63, 3.8) is 0 Å². The van der Waals surface area contributed by atoms with E-state index in [1.807, 2.05) is 6.07 Å². The second kappa shape index (κ2) is 5.46. The fourth-order valence-electron chi connectivity index (χ4n) is 1.05. The van der Waals surface area contributed by atoms with Crippen LogP contribution in [0.4, 0.5) is 0 Å². The number of aliphatic carboxylic acids is 1. The van der Waals surface area contributed by atoms with Crippen LogP contribution in [0.5, 0.6) is 0 Å². The average molecular weight is 243 g/mol. The molecule has 5 heteroatoms. The van der Waals surface area contributed by atoms with E-state index in [0.29, 0.717) is 0 Å². The Hall–Kier alpha value is -0.863. The SMILES string of the molecule is CC(C)(C)[Si](C)(C)OC(CC#N)CC(=O)O. The third-order valence-corrected chi connectivity index (χ3v) is 7.52. The zero-order valence-electron chi connectivity index (χ0n) is 10.7. The molecule has 0 saturated carbocycles. The van der Waals surface area contributed by atoms with Crippen molar-refractivity contribution in [2.24, 2.45) is 0 Å². The number of carbonyl (C=O) groups is 1. The minimum absolute atomic E-state index is 0.0270. The summed E-state index contributed by atoms with van der Waals surface area (Å²) in [5.74, 6) is -0.918. The van der Waals surface area contributed by atoms with Gasteiger partial charge in [-0.3, -0.25) is 4.79 Å². The van der Waals surface area contributed by atoms with Gasteiger partial charge in [-0.2, -0.15) is 5.26 Å². The molecule has 92 valence electrons. The minimum atomic E-state index is -1.99. The fourth-order valence-corrected chi connectivity index (χ4v) is 2.40. The molecule has 0 amide bonds. The zero-order chi connectivity index (χ0) is 13.0. The Morgan fingerprint density at radius 1 is 1.50 bits per heavy atom. The summed E-state index contributed by atoms with van der Waals surface area (Å²) in [4.78, 5) is 10.6. The van der Waals surface area contributed by atoms with Crippen molar-refractivity contribution in [1.82, 2.24) is 0 Å². The second-order valence-corrected chi connectivity index (χ2v) is 10.2. The van der Waals surface area contributed by atoms with E-state index in [-0.39, 0.29) is 17.9 Å². The van der Waals surface area contributed by atoms with Crippen LogP contribution in [0, 0.1) is 11.3 Å². The smallest absolute Gasteiger partial charge is 0.305 e. The second-order valence-electron chi connectivity index (χ2n) is 5.46. The van der Waals surface area contributed by atoms with Gasteiger partial charge in [-0.25, -0.2) is 0 Å². The van der Waals surface area contributed by atoms with Gasteiger partial charge in [0.1, 0.15) is 0 Å². The van der Waals surface area contributed by atoms with Gasteiger partial charge < -0.3 is 9.53 Å². The van der Waals surface area contributed by atoms with Crippen LogP contribution in [0.2, 0.25) is 18.1 Å². The molecule has 0 saturated heterocycles.